The van der Waals surface area contributed by atoms with Gasteiger partial charge in [-0.2, -0.15) is 0 Å². The first-order chi connectivity index (χ1) is 29.0. The summed E-state index contributed by atoms with van der Waals surface area (Å²) in [4.78, 5) is 35.9. The molecule has 1 aliphatic heterocycles. The van der Waals surface area contributed by atoms with Gasteiger partial charge in [-0.3, -0.25) is 19.4 Å². The number of fused-ring (bicyclic) bond motifs is 4. The predicted molar refractivity (Wildman–Crippen MR) is 238 cm³/mol. The topological polar surface area (TPSA) is 115 Å². The fourth-order valence-electron chi connectivity index (χ4n) is 9.74. The largest absolute Gasteiger partial charge is 0.507 e. The molecule has 61 heavy (non-hydrogen) atoms. The lowest BCUT2D eigenvalue weighted by Gasteiger charge is -2.55. The smallest absolute Gasteiger partial charge is 0.265 e. The molecule has 1 unspecified atom stereocenters. The zero-order valence-electron chi connectivity index (χ0n) is 36.4. The number of hydrogen-bond donors (Lipinski definition) is 1. The van der Waals surface area contributed by atoms with Crippen molar-refractivity contribution < 1.29 is 37.5 Å². The van der Waals surface area contributed by atoms with Gasteiger partial charge in [0.05, 0.1) is 16.1 Å². The van der Waals surface area contributed by atoms with Gasteiger partial charge in [0.15, 0.2) is 19.7 Å². The number of ketones is 2. The molecule has 4 aliphatic rings. The highest BCUT2D eigenvalue weighted by Gasteiger charge is 2.69. The number of aliphatic hydroxyl groups excluding tert-OH is 1. The predicted octanol–water partition coefficient (Wildman–Crippen LogP) is 10.6. The van der Waals surface area contributed by atoms with Crippen molar-refractivity contribution in [3.05, 3.63) is 116 Å². The molecule has 8 rings (SSSR count). The van der Waals surface area contributed by atoms with Crippen LogP contribution in [-0.4, -0.2) is 72.7 Å². The minimum absolute atomic E-state index is 0.0209. The maximum Gasteiger partial charge on any atom is 0.265 e. The number of rotatable bonds is 11. The van der Waals surface area contributed by atoms with E-state index < -0.39 is 60.0 Å². The maximum atomic E-state index is 17.6. The van der Waals surface area contributed by atoms with Gasteiger partial charge >= 0.3 is 0 Å². The molecule has 324 valence electrons. The molecule has 0 bridgehead atoms. The van der Waals surface area contributed by atoms with E-state index in [-0.39, 0.29) is 60.4 Å². The summed E-state index contributed by atoms with van der Waals surface area (Å²) in [6.45, 7) is 14.2. The minimum Gasteiger partial charge on any atom is -0.507 e. The first kappa shape index (κ1) is 43.5. The summed E-state index contributed by atoms with van der Waals surface area (Å²) >= 11 is 3.78. The number of carbonyl (C=O) groups excluding carboxylic acids is 2. The summed E-state index contributed by atoms with van der Waals surface area (Å²) < 4.78 is 44.1. The fraction of sp³-hybridized carbons (Fsp3) is 0.479. The number of carbonyl (C=O) groups is 2. The minimum atomic E-state index is -2.97. The van der Waals surface area contributed by atoms with E-state index in [0.717, 1.165) is 43.5 Å². The number of aromatic nitrogens is 1. The van der Waals surface area contributed by atoms with Gasteiger partial charge in [-0.1, -0.05) is 87.9 Å². The Morgan fingerprint density at radius 2 is 1.57 bits per heavy atom. The van der Waals surface area contributed by atoms with Crippen LogP contribution in [0.5, 0.6) is 11.6 Å². The Balaban J connectivity index is 1.32. The third-order valence-corrected chi connectivity index (χ3v) is 19.2. The van der Waals surface area contributed by atoms with E-state index in [1.807, 2.05) is 99.7 Å². The van der Waals surface area contributed by atoms with Gasteiger partial charge in [0.1, 0.15) is 36.1 Å². The van der Waals surface area contributed by atoms with E-state index >= 15 is 14.0 Å². The van der Waals surface area contributed by atoms with Gasteiger partial charge in [0, 0.05) is 28.7 Å². The molecule has 5 atom stereocenters. The lowest BCUT2D eigenvalue weighted by atomic mass is 9.57. The van der Waals surface area contributed by atoms with Gasteiger partial charge in [-0.15, -0.1) is 0 Å². The molecule has 1 N–H and O–H groups in total. The summed E-state index contributed by atoms with van der Waals surface area (Å²) in [6, 6.07) is 18.2. The number of hydrogen-bond acceptors (Lipinski definition) is 10. The molecular weight excluding hydrogens is 858 g/mol. The molecule has 2 fully saturated rings. The van der Waals surface area contributed by atoms with E-state index in [2.05, 4.69) is 46.8 Å². The number of ether oxygens (including phenoxy) is 2. The molecule has 3 aromatic carbocycles. The zero-order valence-corrected chi connectivity index (χ0v) is 39.0. The first-order valence-electron chi connectivity index (χ1n) is 21.5. The van der Waals surface area contributed by atoms with Crippen molar-refractivity contribution in [3.63, 3.8) is 0 Å². The number of halogens is 2. The van der Waals surface area contributed by atoms with Crippen LogP contribution in [0.1, 0.15) is 109 Å². The average molecular weight is 915 g/mol. The Labute approximate surface area is 367 Å². The SMILES string of the molecule is CC(c1c(F)c2c(c(OCc3ccccc3)c1Br)C(O)=C1C(=O)[C@]3(O[Si](C)(C)C(C)(C)C)C(=O)c4c(OCc5ccccc5)noc4[C@@H](N(C)C)[C@@H]3C[C@@H]1C2)N1CCCCC1. The van der Waals surface area contributed by atoms with Crippen LogP contribution in [0.2, 0.25) is 18.1 Å². The van der Waals surface area contributed by atoms with Gasteiger partial charge in [0.2, 0.25) is 11.6 Å². The first-order valence-corrected chi connectivity index (χ1v) is 25.2. The van der Waals surface area contributed by atoms with Crippen molar-refractivity contribution >= 4 is 41.6 Å². The van der Waals surface area contributed by atoms with Crippen LogP contribution in [0.3, 0.4) is 0 Å². The molecule has 3 aliphatic carbocycles. The molecule has 1 saturated carbocycles. The Bertz CT molecular complexity index is 2360. The third-order valence-electron chi connectivity index (χ3n) is 13.9. The molecule has 0 spiro atoms. The van der Waals surface area contributed by atoms with Crippen LogP contribution in [0.15, 0.2) is 75.2 Å². The van der Waals surface area contributed by atoms with Crippen molar-refractivity contribution in [2.75, 3.05) is 27.2 Å². The van der Waals surface area contributed by atoms with Crippen molar-refractivity contribution in [1.82, 2.24) is 15.0 Å². The van der Waals surface area contributed by atoms with E-state index in [1.165, 1.54) is 0 Å². The third kappa shape index (κ3) is 7.41. The zero-order chi connectivity index (χ0) is 43.6. The maximum absolute atomic E-state index is 17.6. The molecule has 1 aromatic heterocycles. The molecule has 10 nitrogen and oxygen atoms in total. The van der Waals surface area contributed by atoms with Crippen molar-refractivity contribution in [1.29, 1.82) is 0 Å². The lowest BCUT2D eigenvalue weighted by molar-refractivity contribution is -0.140. The molecule has 0 amide bonds. The van der Waals surface area contributed by atoms with E-state index in [1.54, 1.807) is 0 Å². The Morgan fingerprint density at radius 1 is 0.967 bits per heavy atom. The van der Waals surface area contributed by atoms with Crippen LogP contribution in [0.4, 0.5) is 4.39 Å². The second-order valence-electron chi connectivity index (χ2n) is 18.9. The van der Waals surface area contributed by atoms with Crippen LogP contribution >= 0.6 is 15.9 Å². The van der Waals surface area contributed by atoms with Crippen LogP contribution in [-0.2, 0) is 28.9 Å². The van der Waals surface area contributed by atoms with Crippen molar-refractivity contribution in [3.8, 4) is 11.6 Å². The van der Waals surface area contributed by atoms with Gasteiger partial charge in [-0.25, -0.2) is 4.39 Å². The van der Waals surface area contributed by atoms with Gasteiger partial charge < -0.3 is 23.5 Å². The average Bonchev–Trinajstić information content (AvgIpc) is 3.65. The van der Waals surface area contributed by atoms with Crippen LogP contribution in [0, 0.1) is 17.7 Å². The molecule has 1 saturated heterocycles. The summed E-state index contributed by atoms with van der Waals surface area (Å²) in [5.74, 6) is -2.94. The van der Waals surface area contributed by atoms with Crippen molar-refractivity contribution in [2.45, 2.75) is 109 Å². The monoisotopic (exact) mass is 913 g/mol. The standard InChI is InChI=1S/C48H57BrFN3O7Si/c1-28(53-22-16-11-17-23-53)34-38(49)42(57-26-29-18-12-9-13-19-29)36-32(39(34)50)24-31-25-33-40(52(5)6)43-37(46(51-59-43)58-27-30-20-14-10-15-21-30)45(56)48(33,44(55)35(31)41(36)54)60-61(7,8)47(2,3)4/h9-10,12-15,18-21,28,31,33,40,54H,11,16-17,22-27H2,1-8H3/t28?,31-,33-,40-,48-/m0/s1. The highest BCUT2D eigenvalue weighted by atomic mass is 79.9. The quantitative estimate of drug-likeness (QED) is 0.115. The molecule has 2 heterocycles. The van der Waals surface area contributed by atoms with Gasteiger partial charge in [-0.05, 0) is 116 Å². The summed E-state index contributed by atoms with van der Waals surface area (Å²) in [5.41, 5.74) is 0.657. The Kier molecular flexibility index (Phi) is 11.8. The highest BCUT2D eigenvalue weighted by molar-refractivity contribution is 9.10. The number of Topliss-reactive ketones (excluding diaryl/α,β-unsaturated/α-hetero) is 2. The van der Waals surface area contributed by atoms with Crippen LogP contribution in [0.25, 0.3) is 5.76 Å². The molecule has 4 aromatic rings. The lowest BCUT2D eigenvalue weighted by Crippen LogP contribution is -2.68. The number of benzene rings is 3. The number of aliphatic hydroxyl groups is 1. The second kappa shape index (κ2) is 16.5. The summed E-state index contributed by atoms with van der Waals surface area (Å²) in [5, 5.41) is 16.6. The second-order valence-corrected chi connectivity index (χ2v) is 24.5. The number of likely N-dealkylation sites (tertiary alicyclic amines) is 1. The fourth-order valence-corrected chi connectivity index (χ4v) is 12.0. The van der Waals surface area contributed by atoms with E-state index in [9.17, 15) is 5.11 Å². The number of nitrogens with zero attached hydrogens (tertiary/aromatic N) is 3. The van der Waals surface area contributed by atoms with Gasteiger partial charge in [0.25, 0.3) is 5.88 Å². The Hall–Kier alpha value is -4.14. The van der Waals surface area contributed by atoms with E-state index in [0.29, 0.717) is 21.4 Å². The molecular formula is C48H57BrFN3O7Si. The summed E-state index contributed by atoms with van der Waals surface area (Å²) in [7, 11) is 0.783. The summed E-state index contributed by atoms with van der Waals surface area (Å²) in [6.07, 6.45) is 3.53. The molecule has 13 heteroatoms. The number of piperidine rings is 1. The molecule has 0 radical (unpaired) electrons. The van der Waals surface area contributed by atoms with E-state index in [4.69, 9.17) is 18.4 Å². The highest BCUT2D eigenvalue weighted by Crippen LogP contribution is 2.60. The van der Waals surface area contributed by atoms with Crippen molar-refractivity contribution in [2.24, 2.45) is 11.8 Å². The van der Waals surface area contributed by atoms with Crippen LogP contribution < -0.4 is 9.47 Å². The Morgan fingerprint density at radius 3 is 2.16 bits per heavy atom. The normalized spacial score (nSPS) is 23.6.